The van der Waals surface area contributed by atoms with Crippen LogP contribution in [0.2, 0.25) is 0 Å². The largest absolute Gasteiger partial charge is 0.235 e. The SMILES string of the molecule is N#C/C(=C/C=C/c1ccccc1)c1nc2ccccc2s1. The minimum atomic E-state index is 0.586. The monoisotopic (exact) mass is 288 g/mol. The molecule has 0 spiro atoms. The summed E-state index contributed by atoms with van der Waals surface area (Å²) in [6.45, 7) is 0. The van der Waals surface area contributed by atoms with E-state index in [0.717, 1.165) is 20.8 Å². The number of fused-ring (bicyclic) bond motifs is 1. The Bertz CT molecular complexity index is 819. The molecule has 0 aliphatic heterocycles. The van der Waals surface area contributed by atoms with Crippen LogP contribution in [0.15, 0.2) is 66.7 Å². The van der Waals surface area contributed by atoms with E-state index in [1.54, 1.807) is 11.3 Å². The van der Waals surface area contributed by atoms with Crippen LogP contribution >= 0.6 is 11.3 Å². The van der Waals surface area contributed by atoms with Crippen molar-refractivity contribution in [2.45, 2.75) is 0 Å². The molecular formula is C18H12N2S. The maximum Gasteiger partial charge on any atom is 0.135 e. The molecule has 0 fully saturated rings. The second-order valence-electron chi connectivity index (χ2n) is 4.45. The number of hydrogen-bond donors (Lipinski definition) is 0. The summed E-state index contributed by atoms with van der Waals surface area (Å²) in [4.78, 5) is 4.50. The van der Waals surface area contributed by atoms with Crippen molar-refractivity contribution in [3.05, 3.63) is 77.3 Å². The molecular weight excluding hydrogens is 276 g/mol. The number of aromatic nitrogens is 1. The molecule has 3 aromatic rings. The molecule has 2 nitrogen and oxygen atoms in total. The Balaban J connectivity index is 1.89. The lowest BCUT2D eigenvalue weighted by atomic mass is 10.2. The van der Waals surface area contributed by atoms with Crippen molar-refractivity contribution >= 4 is 33.2 Å². The predicted octanol–water partition coefficient (Wildman–Crippen LogP) is 4.92. The molecule has 0 bridgehead atoms. The first-order valence-corrected chi connectivity index (χ1v) is 7.38. The summed E-state index contributed by atoms with van der Waals surface area (Å²) in [6.07, 6.45) is 5.68. The Hall–Kier alpha value is -2.70. The molecule has 0 saturated heterocycles. The fourth-order valence-corrected chi connectivity index (χ4v) is 2.90. The Labute approximate surface area is 127 Å². The highest BCUT2D eigenvalue weighted by atomic mass is 32.1. The summed E-state index contributed by atoms with van der Waals surface area (Å²) < 4.78 is 1.10. The second-order valence-corrected chi connectivity index (χ2v) is 5.48. The lowest BCUT2D eigenvalue weighted by molar-refractivity contribution is 1.43. The number of benzene rings is 2. The average molecular weight is 288 g/mol. The van der Waals surface area contributed by atoms with Gasteiger partial charge in [-0.2, -0.15) is 5.26 Å². The van der Waals surface area contributed by atoms with Crippen molar-refractivity contribution in [3.8, 4) is 6.07 Å². The number of thiazole rings is 1. The first kappa shape index (κ1) is 13.3. The highest BCUT2D eigenvalue weighted by molar-refractivity contribution is 7.19. The van der Waals surface area contributed by atoms with Crippen molar-refractivity contribution in [3.63, 3.8) is 0 Å². The molecule has 0 aliphatic carbocycles. The van der Waals surface area contributed by atoms with Crippen molar-refractivity contribution < 1.29 is 0 Å². The zero-order chi connectivity index (χ0) is 14.5. The van der Waals surface area contributed by atoms with E-state index in [1.165, 1.54) is 0 Å². The molecule has 100 valence electrons. The van der Waals surface area contributed by atoms with Gasteiger partial charge in [0.1, 0.15) is 11.1 Å². The van der Waals surface area contributed by atoms with Gasteiger partial charge in [0.25, 0.3) is 0 Å². The maximum absolute atomic E-state index is 9.32. The van der Waals surface area contributed by atoms with Gasteiger partial charge < -0.3 is 0 Å². The number of allylic oxidation sites excluding steroid dienone is 3. The van der Waals surface area contributed by atoms with Gasteiger partial charge in [0.05, 0.1) is 15.8 Å². The molecule has 3 heteroatoms. The molecule has 2 aromatic carbocycles. The fourth-order valence-electron chi connectivity index (χ4n) is 1.96. The fraction of sp³-hybridized carbons (Fsp3) is 0. The molecule has 0 amide bonds. The molecule has 0 saturated carbocycles. The van der Waals surface area contributed by atoms with Crippen LogP contribution in [0, 0.1) is 11.3 Å². The van der Waals surface area contributed by atoms with E-state index in [9.17, 15) is 5.26 Å². The van der Waals surface area contributed by atoms with E-state index < -0.39 is 0 Å². The Morgan fingerprint density at radius 2 is 1.81 bits per heavy atom. The number of para-hydroxylation sites is 1. The van der Waals surface area contributed by atoms with E-state index in [0.29, 0.717) is 5.57 Å². The molecule has 0 atom stereocenters. The molecule has 1 aromatic heterocycles. The van der Waals surface area contributed by atoms with Crippen LogP contribution in [0.4, 0.5) is 0 Å². The normalized spacial score (nSPS) is 11.9. The molecule has 0 N–H and O–H groups in total. The van der Waals surface area contributed by atoms with Crippen LogP contribution in [-0.4, -0.2) is 4.98 Å². The molecule has 0 aliphatic rings. The minimum absolute atomic E-state index is 0.586. The van der Waals surface area contributed by atoms with E-state index in [1.807, 2.05) is 72.8 Å². The maximum atomic E-state index is 9.32. The summed E-state index contributed by atoms with van der Waals surface area (Å²) in [5.41, 5.74) is 2.63. The van der Waals surface area contributed by atoms with Gasteiger partial charge in [-0.25, -0.2) is 4.98 Å². The average Bonchev–Trinajstić information content (AvgIpc) is 2.96. The van der Waals surface area contributed by atoms with E-state index in [-0.39, 0.29) is 0 Å². The zero-order valence-corrected chi connectivity index (χ0v) is 12.0. The third kappa shape index (κ3) is 3.07. The third-order valence-corrected chi connectivity index (χ3v) is 4.07. The van der Waals surface area contributed by atoms with Crippen LogP contribution in [-0.2, 0) is 0 Å². The molecule has 3 rings (SSSR count). The van der Waals surface area contributed by atoms with Crippen molar-refractivity contribution in [1.29, 1.82) is 5.26 Å². The summed E-state index contributed by atoms with van der Waals surface area (Å²) in [6, 6.07) is 20.1. The highest BCUT2D eigenvalue weighted by Crippen LogP contribution is 2.26. The summed E-state index contributed by atoms with van der Waals surface area (Å²) in [5.74, 6) is 0. The minimum Gasteiger partial charge on any atom is -0.235 e. The number of rotatable bonds is 3. The van der Waals surface area contributed by atoms with Gasteiger partial charge in [-0.3, -0.25) is 0 Å². The Kier molecular flexibility index (Phi) is 3.90. The summed E-state index contributed by atoms with van der Waals surface area (Å²) in [5, 5.41) is 10.1. The second kappa shape index (κ2) is 6.17. The van der Waals surface area contributed by atoms with Gasteiger partial charge in [0.2, 0.25) is 0 Å². The van der Waals surface area contributed by atoms with Gasteiger partial charge in [-0.1, -0.05) is 54.6 Å². The van der Waals surface area contributed by atoms with E-state index in [2.05, 4.69) is 11.1 Å². The van der Waals surface area contributed by atoms with Gasteiger partial charge in [-0.15, -0.1) is 11.3 Å². The lowest BCUT2D eigenvalue weighted by Gasteiger charge is -1.90. The van der Waals surface area contributed by atoms with E-state index >= 15 is 0 Å². The Morgan fingerprint density at radius 3 is 2.57 bits per heavy atom. The third-order valence-electron chi connectivity index (χ3n) is 3.00. The van der Waals surface area contributed by atoms with Crippen LogP contribution in [0.1, 0.15) is 10.6 Å². The first-order chi connectivity index (χ1) is 10.4. The van der Waals surface area contributed by atoms with Gasteiger partial charge in [0.15, 0.2) is 0 Å². The number of nitrogens with zero attached hydrogens (tertiary/aromatic N) is 2. The number of hydrogen-bond acceptors (Lipinski definition) is 3. The molecule has 0 radical (unpaired) electrons. The standard InChI is InChI=1S/C18H12N2S/c19-13-15(10-6-9-14-7-2-1-3-8-14)18-20-16-11-4-5-12-17(16)21-18/h1-12H/b9-6+,15-10-. The Morgan fingerprint density at radius 1 is 1.05 bits per heavy atom. The highest BCUT2D eigenvalue weighted by Gasteiger charge is 2.06. The quantitative estimate of drug-likeness (QED) is 0.507. The van der Waals surface area contributed by atoms with Gasteiger partial charge in [-0.05, 0) is 23.8 Å². The molecule has 1 heterocycles. The van der Waals surface area contributed by atoms with Crippen LogP contribution in [0.3, 0.4) is 0 Å². The predicted molar refractivity (Wildman–Crippen MR) is 88.7 cm³/mol. The summed E-state index contributed by atoms with van der Waals surface area (Å²) in [7, 11) is 0. The molecule has 0 unspecified atom stereocenters. The summed E-state index contributed by atoms with van der Waals surface area (Å²) >= 11 is 1.54. The first-order valence-electron chi connectivity index (χ1n) is 6.56. The zero-order valence-electron chi connectivity index (χ0n) is 11.2. The molecule has 21 heavy (non-hydrogen) atoms. The van der Waals surface area contributed by atoms with Crippen molar-refractivity contribution in [2.75, 3.05) is 0 Å². The smallest absolute Gasteiger partial charge is 0.135 e. The number of nitriles is 1. The van der Waals surface area contributed by atoms with Crippen LogP contribution in [0.5, 0.6) is 0 Å². The van der Waals surface area contributed by atoms with Crippen LogP contribution in [0.25, 0.3) is 21.9 Å². The van der Waals surface area contributed by atoms with Crippen molar-refractivity contribution in [2.24, 2.45) is 0 Å². The lowest BCUT2D eigenvalue weighted by Crippen LogP contribution is -1.78. The van der Waals surface area contributed by atoms with Crippen LogP contribution < -0.4 is 0 Å². The topological polar surface area (TPSA) is 36.7 Å². The van der Waals surface area contributed by atoms with Gasteiger partial charge >= 0.3 is 0 Å². The van der Waals surface area contributed by atoms with Crippen molar-refractivity contribution in [1.82, 2.24) is 4.98 Å². The van der Waals surface area contributed by atoms with Gasteiger partial charge in [0, 0.05) is 0 Å². The van der Waals surface area contributed by atoms with E-state index in [4.69, 9.17) is 0 Å².